The van der Waals surface area contributed by atoms with E-state index >= 15 is 0 Å². The topological polar surface area (TPSA) is 68.4 Å². The van der Waals surface area contributed by atoms with Gasteiger partial charge >= 0.3 is 7.60 Å². The van der Waals surface area contributed by atoms with Crippen LogP contribution in [-0.2, 0) is 13.6 Å². The van der Waals surface area contributed by atoms with Gasteiger partial charge in [0.25, 0.3) is 5.56 Å². The number of unbranched alkanes of at least 4 members (excludes halogenated alkanes) is 6. The molecule has 1 aromatic heterocycles. The number of hydrogen-bond donors (Lipinski definition) is 1. The minimum atomic E-state index is -3.70. The van der Waals surface area contributed by atoms with Crippen molar-refractivity contribution < 1.29 is 13.6 Å². The lowest BCUT2D eigenvalue weighted by molar-refractivity contribution is 0.206. The Labute approximate surface area is 197 Å². The molecule has 5 nitrogen and oxygen atoms in total. The minimum absolute atomic E-state index is 0.0815. The molecule has 3 rings (SSSR count). The fourth-order valence-electron chi connectivity index (χ4n) is 3.81. The Hall–Kier alpha value is -2.20. The molecule has 0 aliphatic carbocycles. The smallest absolute Gasteiger partial charge is 0.321 e. The summed E-state index contributed by atoms with van der Waals surface area (Å²) in [5, 5.41) is 2.31. The lowest BCUT2D eigenvalue weighted by Crippen LogP contribution is -2.29. The van der Waals surface area contributed by atoms with Crippen LogP contribution < -0.4 is 10.9 Å². The molecule has 2 aromatic carbocycles. The maximum Gasteiger partial charge on any atom is 0.366 e. The molecule has 0 spiro atoms. The SMILES string of the molecule is CCCCCCOP(=O)(OCCCCCC)c1ccc(-c2ccc3ccccc3c2)[nH]c1=O. The molecule has 178 valence electrons. The average molecular weight is 470 g/mol. The van der Waals surface area contributed by atoms with Gasteiger partial charge in [0.05, 0.1) is 13.2 Å². The molecule has 1 heterocycles. The molecule has 0 fully saturated rings. The molecule has 3 aromatic rings. The van der Waals surface area contributed by atoms with Crippen LogP contribution in [-0.4, -0.2) is 18.2 Å². The third-order valence-corrected chi connectivity index (χ3v) is 7.75. The summed E-state index contributed by atoms with van der Waals surface area (Å²) in [5.41, 5.74) is 1.14. The summed E-state index contributed by atoms with van der Waals surface area (Å²) in [6.45, 7) is 4.92. The number of rotatable bonds is 14. The Bertz CT molecular complexity index is 1110. The standard InChI is InChI=1S/C27H36NO4P/c1-3-5-7-11-19-31-33(30,32-20-12-8-6-4-2)26-18-17-25(28-27(26)29)24-16-15-22-13-9-10-14-23(22)21-24/h9-10,13-18,21H,3-8,11-12,19-20H2,1-2H3,(H,28,29). The highest BCUT2D eigenvalue weighted by atomic mass is 31.2. The zero-order valence-corrected chi connectivity index (χ0v) is 20.7. The first kappa shape index (κ1) is 25.4. The van der Waals surface area contributed by atoms with Crippen LogP contribution in [0.3, 0.4) is 0 Å². The van der Waals surface area contributed by atoms with Crippen LogP contribution in [0.2, 0.25) is 0 Å². The van der Waals surface area contributed by atoms with E-state index in [-0.39, 0.29) is 5.30 Å². The predicted octanol–water partition coefficient (Wildman–Crippen LogP) is 7.21. The van der Waals surface area contributed by atoms with E-state index in [9.17, 15) is 9.36 Å². The molecular formula is C27H36NO4P. The zero-order chi connectivity index (χ0) is 23.5. The van der Waals surface area contributed by atoms with Gasteiger partial charge in [0.1, 0.15) is 5.30 Å². The van der Waals surface area contributed by atoms with Gasteiger partial charge in [-0.3, -0.25) is 9.36 Å². The Balaban J connectivity index is 1.80. The number of H-pyrrole nitrogens is 1. The highest BCUT2D eigenvalue weighted by Gasteiger charge is 2.31. The van der Waals surface area contributed by atoms with E-state index in [0.29, 0.717) is 18.9 Å². The van der Waals surface area contributed by atoms with Gasteiger partial charge in [-0.25, -0.2) is 0 Å². The summed E-state index contributed by atoms with van der Waals surface area (Å²) in [5.74, 6) is 0. The molecule has 0 aliphatic rings. The van der Waals surface area contributed by atoms with E-state index in [1.165, 1.54) is 0 Å². The van der Waals surface area contributed by atoms with Crippen molar-refractivity contribution in [1.29, 1.82) is 0 Å². The Morgan fingerprint density at radius 3 is 2.00 bits per heavy atom. The minimum Gasteiger partial charge on any atom is -0.321 e. The molecule has 0 aliphatic heterocycles. The Morgan fingerprint density at radius 2 is 1.39 bits per heavy atom. The van der Waals surface area contributed by atoms with Gasteiger partial charge in [-0.05, 0) is 47.4 Å². The quantitative estimate of drug-likeness (QED) is 0.200. The van der Waals surface area contributed by atoms with Crippen molar-refractivity contribution >= 4 is 23.7 Å². The van der Waals surface area contributed by atoms with Crippen molar-refractivity contribution in [2.45, 2.75) is 65.2 Å². The number of fused-ring (bicyclic) bond motifs is 1. The second kappa shape index (κ2) is 12.9. The number of aromatic amines is 1. The Kier molecular flexibility index (Phi) is 9.93. The second-order valence-corrected chi connectivity index (χ2v) is 10.4. The van der Waals surface area contributed by atoms with Crippen LogP contribution in [0.25, 0.3) is 22.0 Å². The molecule has 0 unspecified atom stereocenters. The van der Waals surface area contributed by atoms with E-state index in [1.807, 2.05) is 36.4 Å². The van der Waals surface area contributed by atoms with Crippen LogP contribution in [0.4, 0.5) is 0 Å². The van der Waals surface area contributed by atoms with E-state index in [1.54, 1.807) is 12.1 Å². The summed E-state index contributed by atoms with van der Waals surface area (Å²) >= 11 is 0. The van der Waals surface area contributed by atoms with E-state index in [2.05, 4.69) is 24.9 Å². The van der Waals surface area contributed by atoms with Crippen molar-refractivity contribution in [2.24, 2.45) is 0 Å². The van der Waals surface area contributed by atoms with Gasteiger partial charge in [-0.1, -0.05) is 88.8 Å². The number of benzene rings is 2. The lowest BCUT2D eigenvalue weighted by atomic mass is 10.0. The van der Waals surface area contributed by atoms with E-state index in [0.717, 1.165) is 67.7 Å². The van der Waals surface area contributed by atoms with E-state index < -0.39 is 13.2 Å². The average Bonchev–Trinajstić information content (AvgIpc) is 2.83. The number of hydrogen-bond acceptors (Lipinski definition) is 4. The zero-order valence-electron chi connectivity index (χ0n) is 19.8. The molecule has 6 heteroatoms. The fraction of sp³-hybridized carbons (Fsp3) is 0.444. The summed E-state index contributed by atoms with van der Waals surface area (Å²) in [4.78, 5) is 15.9. The van der Waals surface area contributed by atoms with Crippen LogP contribution in [0.15, 0.2) is 59.4 Å². The molecule has 0 amide bonds. The Morgan fingerprint density at radius 1 is 0.758 bits per heavy atom. The molecule has 0 atom stereocenters. The first-order valence-corrected chi connectivity index (χ1v) is 13.7. The van der Waals surface area contributed by atoms with Crippen LogP contribution >= 0.6 is 7.60 Å². The van der Waals surface area contributed by atoms with Gasteiger partial charge in [-0.15, -0.1) is 0 Å². The highest BCUT2D eigenvalue weighted by molar-refractivity contribution is 7.62. The van der Waals surface area contributed by atoms with Crippen molar-refractivity contribution in [3.8, 4) is 11.3 Å². The maximum absolute atomic E-state index is 13.7. The van der Waals surface area contributed by atoms with Gasteiger partial charge in [-0.2, -0.15) is 0 Å². The molecule has 0 saturated carbocycles. The summed E-state index contributed by atoms with van der Waals surface area (Å²) in [7, 11) is -3.70. The number of nitrogens with one attached hydrogen (secondary N) is 1. The van der Waals surface area contributed by atoms with Crippen LogP contribution in [0.5, 0.6) is 0 Å². The molecule has 33 heavy (non-hydrogen) atoms. The molecule has 0 radical (unpaired) electrons. The first-order chi connectivity index (χ1) is 16.1. The van der Waals surface area contributed by atoms with Crippen LogP contribution in [0, 0.1) is 0 Å². The summed E-state index contributed by atoms with van der Waals surface area (Å²) in [6.07, 6.45) is 8.03. The van der Waals surface area contributed by atoms with Gasteiger partial charge in [0.15, 0.2) is 0 Å². The van der Waals surface area contributed by atoms with Gasteiger partial charge in [0.2, 0.25) is 0 Å². The normalized spacial score (nSPS) is 11.8. The summed E-state index contributed by atoms with van der Waals surface area (Å²) in [6, 6.07) is 17.5. The molecule has 1 N–H and O–H groups in total. The van der Waals surface area contributed by atoms with Crippen molar-refractivity contribution in [3.63, 3.8) is 0 Å². The lowest BCUT2D eigenvalue weighted by Gasteiger charge is -2.18. The van der Waals surface area contributed by atoms with Gasteiger partial charge in [0, 0.05) is 5.69 Å². The molecular weight excluding hydrogens is 433 g/mol. The second-order valence-electron chi connectivity index (χ2n) is 8.43. The third kappa shape index (κ3) is 7.14. The monoisotopic (exact) mass is 469 g/mol. The molecule has 0 saturated heterocycles. The van der Waals surface area contributed by atoms with Gasteiger partial charge < -0.3 is 14.0 Å². The van der Waals surface area contributed by atoms with E-state index in [4.69, 9.17) is 9.05 Å². The summed E-state index contributed by atoms with van der Waals surface area (Å²) < 4.78 is 25.2. The predicted molar refractivity (Wildman–Crippen MR) is 137 cm³/mol. The maximum atomic E-state index is 13.7. The van der Waals surface area contributed by atoms with Crippen molar-refractivity contribution in [1.82, 2.24) is 4.98 Å². The third-order valence-electron chi connectivity index (χ3n) is 5.76. The molecule has 0 bridgehead atoms. The number of aromatic nitrogens is 1. The highest BCUT2D eigenvalue weighted by Crippen LogP contribution is 2.46. The number of pyridine rings is 1. The largest absolute Gasteiger partial charge is 0.366 e. The van der Waals surface area contributed by atoms with Crippen LogP contribution in [0.1, 0.15) is 65.2 Å². The van der Waals surface area contributed by atoms with Crippen molar-refractivity contribution in [2.75, 3.05) is 13.2 Å². The first-order valence-electron chi connectivity index (χ1n) is 12.2. The fourth-order valence-corrected chi connectivity index (χ4v) is 5.46. The van der Waals surface area contributed by atoms with Crippen molar-refractivity contribution in [3.05, 3.63) is 65.0 Å².